The van der Waals surface area contributed by atoms with Gasteiger partial charge >= 0.3 is 0 Å². The topological polar surface area (TPSA) is 68.2 Å². The summed E-state index contributed by atoms with van der Waals surface area (Å²) in [5.74, 6) is 0. The molecule has 0 saturated carbocycles. The average molecular weight is 168 g/mol. The Kier molecular flexibility index (Phi) is 2.50. The van der Waals surface area contributed by atoms with Gasteiger partial charge in [0.25, 0.3) is 5.56 Å². The van der Waals surface area contributed by atoms with Crippen molar-refractivity contribution in [2.75, 3.05) is 12.3 Å². The minimum absolute atomic E-state index is 0.0532. The van der Waals surface area contributed by atoms with E-state index in [1.807, 2.05) is 0 Å². The molecule has 0 aliphatic rings. The van der Waals surface area contributed by atoms with Crippen LogP contribution in [0.1, 0.15) is 5.56 Å². The van der Waals surface area contributed by atoms with E-state index in [4.69, 9.17) is 10.8 Å². The molecule has 1 aromatic rings. The molecule has 0 amide bonds. The Morgan fingerprint density at radius 1 is 1.67 bits per heavy atom. The standard InChI is InChI=1S/C8H12N2O2/c1-6-4-8(12)10(2-3-11)5-7(6)9/h4-5,11H,2-3,9H2,1H3. The minimum Gasteiger partial charge on any atom is -0.397 e. The van der Waals surface area contributed by atoms with E-state index < -0.39 is 0 Å². The zero-order chi connectivity index (χ0) is 9.14. The molecule has 4 nitrogen and oxygen atoms in total. The zero-order valence-corrected chi connectivity index (χ0v) is 6.95. The first kappa shape index (κ1) is 8.80. The van der Waals surface area contributed by atoms with Gasteiger partial charge in [-0.15, -0.1) is 0 Å². The molecule has 1 heterocycles. The molecule has 0 aliphatic heterocycles. The first-order chi connectivity index (χ1) is 5.65. The lowest BCUT2D eigenvalue weighted by Gasteiger charge is -2.05. The molecule has 1 aromatic heterocycles. The number of aliphatic hydroxyl groups is 1. The number of nitrogens with two attached hydrogens (primary N) is 1. The Bertz CT molecular complexity index is 330. The molecule has 0 saturated heterocycles. The summed E-state index contributed by atoms with van der Waals surface area (Å²) in [6.07, 6.45) is 1.55. The number of nitrogen functional groups attached to an aromatic ring is 1. The van der Waals surface area contributed by atoms with Gasteiger partial charge in [-0.3, -0.25) is 4.79 Å². The van der Waals surface area contributed by atoms with Crippen molar-refractivity contribution in [2.45, 2.75) is 13.5 Å². The van der Waals surface area contributed by atoms with Crippen LogP contribution in [0.3, 0.4) is 0 Å². The second kappa shape index (κ2) is 3.40. The summed E-state index contributed by atoms with van der Waals surface area (Å²) in [6.45, 7) is 2.02. The number of hydrogen-bond donors (Lipinski definition) is 2. The van der Waals surface area contributed by atoms with Gasteiger partial charge in [0.15, 0.2) is 0 Å². The lowest BCUT2D eigenvalue weighted by atomic mass is 10.2. The molecular formula is C8H12N2O2. The van der Waals surface area contributed by atoms with Crippen LogP contribution in [-0.2, 0) is 6.54 Å². The van der Waals surface area contributed by atoms with E-state index in [-0.39, 0.29) is 12.2 Å². The smallest absolute Gasteiger partial charge is 0.250 e. The van der Waals surface area contributed by atoms with Crippen molar-refractivity contribution in [1.82, 2.24) is 4.57 Å². The third kappa shape index (κ3) is 1.65. The van der Waals surface area contributed by atoms with Crippen molar-refractivity contribution in [2.24, 2.45) is 0 Å². The predicted molar refractivity (Wildman–Crippen MR) is 46.9 cm³/mol. The van der Waals surface area contributed by atoms with E-state index >= 15 is 0 Å². The average Bonchev–Trinajstić information content (AvgIpc) is 2.01. The number of aryl methyl sites for hydroxylation is 1. The molecule has 0 atom stereocenters. The molecule has 0 fully saturated rings. The van der Waals surface area contributed by atoms with Gasteiger partial charge in [-0.2, -0.15) is 0 Å². The van der Waals surface area contributed by atoms with Crippen LogP contribution in [0.25, 0.3) is 0 Å². The number of aliphatic hydroxyl groups excluding tert-OH is 1. The number of nitrogens with zero attached hydrogens (tertiary/aromatic N) is 1. The Morgan fingerprint density at radius 2 is 2.33 bits per heavy atom. The van der Waals surface area contributed by atoms with Crippen molar-refractivity contribution in [3.8, 4) is 0 Å². The van der Waals surface area contributed by atoms with Crippen LogP contribution in [0, 0.1) is 6.92 Å². The minimum atomic E-state index is -0.129. The molecular weight excluding hydrogens is 156 g/mol. The van der Waals surface area contributed by atoms with Crippen LogP contribution in [0.5, 0.6) is 0 Å². The maximum absolute atomic E-state index is 11.2. The maximum atomic E-state index is 11.2. The lowest BCUT2D eigenvalue weighted by Crippen LogP contribution is -2.21. The third-order valence-corrected chi connectivity index (χ3v) is 1.71. The molecule has 0 bridgehead atoms. The van der Waals surface area contributed by atoms with Gasteiger partial charge < -0.3 is 15.4 Å². The number of hydrogen-bond acceptors (Lipinski definition) is 3. The van der Waals surface area contributed by atoms with E-state index in [0.29, 0.717) is 12.2 Å². The van der Waals surface area contributed by atoms with Gasteiger partial charge in [-0.05, 0) is 12.5 Å². The number of pyridine rings is 1. The van der Waals surface area contributed by atoms with Crippen LogP contribution in [-0.4, -0.2) is 16.3 Å². The van der Waals surface area contributed by atoms with Crippen LogP contribution in [0.15, 0.2) is 17.1 Å². The number of rotatable bonds is 2. The van der Waals surface area contributed by atoms with E-state index in [1.165, 1.54) is 10.6 Å². The van der Waals surface area contributed by atoms with Gasteiger partial charge in [0.2, 0.25) is 0 Å². The van der Waals surface area contributed by atoms with Gasteiger partial charge in [0.1, 0.15) is 0 Å². The molecule has 0 radical (unpaired) electrons. The molecule has 0 spiro atoms. The summed E-state index contributed by atoms with van der Waals surface area (Å²) in [4.78, 5) is 11.2. The zero-order valence-electron chi connectivity index (χ0n) is 6.95. The van der Waals surface area contributed by atoms with Gasteiger partial charge in [-0.25, -0.2) is 0 Å². The van der Waals surface area contributed by atoms with Crippen LogP contribution in [0.2, 0.25) is 0 Å². The van der Waals surface area contributed by atoms with E-state index in [0.717, 1.165) is 5.56 Å². The Labute approximate surface area is 70.3 Å². The van der Waals surface area contributed by atoms with Crippen LogP contribution < -0.4 is 11.3 Å². The molecule has 4 heteroatoms. The molecule has 0 aliphatic carbocycles. The van der Waals surface area contributed by atoms with Crippen LogP contribution >= 0.6 is 0 Å². The highest BCUT2D eigenvalue weighted by Crippen LogP contribution is 2.04. The summed E-state index contributed by atoms with van der Waals surface area (Å²) < 4.78 is 1.39. The second-order valence-electron chi connectivity index (χ2n) is 2.67. The van der Waals surface area contributed by atoms with Crippen LogP contribution in [0.4, 0.5) is 5.69 Å². The largest absolute Gasteiger partial charge is 0.397 e. The molecule has 12 heavy (non-hydrogen) atoms. The fourth-order valence-corrected chi connectivity index (χ4v) is 0.967. The normalized spacial score (nSPS) is 10.2. The van der Waals surface area contributed by atoms with Crippen molar-refractivity contribution < 1.29 is 5.11 Å². The highest BCUT2D eigenvalue weighted by atomic mass is 16.3. The van der Waals surface area contributed by atoms with Gasteiger partial charge in [0.05, 0.1) is 12.3 Å². The Balaban J connectivity index is 3.14. The summed E-state index contributed by atoms with van der Waals surface area (Å²) in [5, 5.41) is 8.60. The SMILES string of the molecule is Cc1cc(=O)n(CCO)cc1N. The van der Waals surface area contributed by atoms with E-state index in [9.17, 15) is 4.79 Å². The fourth-order valence-electron chi connectivity index (χ4n) is 0.967. The predicted octanol–water partition coefficient (Wildman–Crippen LogP) is -0.269. The molecule has 0 unspecified atom stereocenters. The first-order valence-electron chi connectivity index (χ1n) is 3.72. The van der Waals surface area contributed by atoms with E-state index in [2.05, 4.69) is 0 Å². The lowest BCUT2D eigenvalue weighted by molar-refractivity contribution is 0.274. The van der Waals surface area contributed by atoms with Gasteiger partial charge in [-0.1, -0.05) is 0 Å². The number of anilines is 1. The first-order valence-corrected chi connectivity index (χ1v) is 3.72. The van der Waals surface area contributed by atoms with Crippen molar-refractivity contribution >= 4 is 5.69 Å². The highest BCUT2D eigenvalue weighted by Gasteiger charge is 1.98. The second-order valence-corrected chi connectivity index (χ2v) is 2.67. The Morgan fingerprint density at radius 3 is 2.92 bits per heavy atom. The monoisotopic (exact) mass is 168 g/mol. The third-order valence-electron chi connectivity index (χ3n) is 1.71. The summed E-state index contributed by atoms with van der Waals surface area (Å²) >= 11 is 0. The highest BCUT2D eigenvalue weighted by molar-refractivity contribution is 5.42. The number of aromatic nitrogens is 1. The summed E-state index contributed by atoms with van der Waals surface area (Å²) in [5.41, 5.74) is 6.79. The molecule has 1 rings (SSSR count). The van der Waals surface area contributed by atoms with Crippen molar-refractivity contribution in [3.05, 3.63) is 28.2 Å². The Hall–Kier alpha value is -1.29. The summed E-state index contributed by atoms with van der Waals surface area (Å²) in [6, 6.07) is 1.46. The summed E-state index contributed by atoms with van der Waals surface area (Å²) in [7, 11) is 0. The quantitative estimate of drug-likeness (QED) is 0.638. The molecule has 66 valence electrons. The van der Waals surface area contributed by atoms with Crippen molar-refractivity contribution in [1.29, 1.82) is 0 Å². The maximum Gasteiger partial charge on any atom is 0.250 e. The molecule has 3 N–H and O–H groups in total. The van der Waals surface area contributed by atoms with Crippen molar-refractivity contribution in [3.63, 3.8) is 0 Å². The van der Waals surface area contributed by atoms with Gasteiger partial charge in [0, 0.05) is 18.8 Å². The van der Waals surface area contributed by atoms with E-state index in [1.54, 1.807) is 13.1 Å². The fraction of sp³-hybridized carbons (Fsp3) is 0.375. The molecule has 0 aromatic carbocycles.